The van der Waals surface area contributed by atoms with E-state index in [0.29, 0.717) is 0 Å². The summed E-state index contributed by atoms with van der Waals surface area (Å²) in [5.41, 5.74) is 0. The summed E-state index contributed by atoms with van der Waals surface area (Å²) in [6.07, 6.45) is 32.9. The molecular weight excluding hydrogens is 312 g/mol. The van der Waals surface area contributed by atoms with Crippen LogP contribution in [0.5, 0.6) is 0 Å². The molecule has 150 valence electrons. The van der Waals surface area contributed by atoms with E-state index in [2.05, 4.69) is 38.2 Å². The van der Waals surface area contributed by atoms with E-state index in [9.17, 15) is 0 Å². The first-order valence-corrected chi connectivity index (χ1v) is 12.1. The molecule has 0 amide bonds. The van der Waals surface area contributed by atoms with Gasteiger partial charge in [-0.05, 0) is 62.7 Å². The number of unbranched alkanes of at least 4 members (excludes halogenated alkanes) is 2. The summed E-state index contributed by atoms with van der Waals surface area (Å²) in [5, 5.41) is 0. The van der Waals surface area contributed by atoms with Gasteiger partial charge in [-0.3, -0.25) is 0 Å². The predicted molar refractivity (Wildman–Crippen MR) is 117 cm³/mol. The largest absolute Gasteiger partial charge is 0.0917 e. The van der Waals surface area contributed by atoms with E-state index in [1.54, 1.807) is 0 Å². The van der Waals surface area contributed by atoms with Gasteiger partial charge in [-0.15, -0.1) is 0 Å². The van der Waals surface area contributed by atoms with Crippen molar-refractivity contribution in [3.63, 3.8) is 0 Å². The second-order valence-corrected chi connectivity index (χ2v) is 9.33. The van der Waals surface area contributed by atoms with Crippen molar-refractivity contribution >= 4 is 0 Å². The quantitative estimate of drug-likeness (QED) is 0.255. The second kappa shape index (κ2) is 13.6. The molecule has 0 aromatic heterocycles. The fourth-order valence-corrected chi connectivity index (χ4v) is 5.40. The molecule has 0 N–H and O–H groups in total. The minimum absolute atomic E-state index is 0.901. The topological polar surface area (TPSA) is 0 Å². The highest BCUT2D eigenvalue weighted by atomic mass is 14.3. The first-order chi connectivity index (χ1) is 12.8. The molecule has 26 heavy (non-hydrogen) atoms. The van der Waals surface area contributed by atoms with E-state index in [1.807, 2.05) is 0 Å². The zero-order valence-electron chi connectivity index (χ0n) is 17.9. The van der Waals surface area contributed by atoms with Gasteiger partial charge in [0.25, 0.3) is 0 Å². The summed E-state index contributed by atoms with van der Waals surface area (Å²) in [5.74, 6) is 4.02. The smallest absolute Gasteiger partial charge is 0.0231 e. The maximum Gasteiger partial charge on any atom is -0.0231 e. The first-order valence-electron chi connectivity index (χ1n) is 12.1. The molecule has 2 saturated carbocycles. The molecule has 2 atom stereocenters. The molecule has 2 rings (SSSR count). The molecule has 0 aromatic rings. The lowest BCUT2D eigenvalue weighted by Gasteiger charge is -2.29. The number of allylic oxidation sites excluding steroid dienone is 4. The van der Waals surface area contributed by atoms with Crippen molar-refractivity contribution in [2.45, 2.75) is 117 Å². The molecule has 0 heterocycles. The van der Waals surface area contributed by atoms with Crippen LogP contribution in [0.1, 0.15) is 117 Å². The van der Waals surface area contributed by atoms with Crippen LogP contribution in [-0.4, -0.2) is 0 Å². The normalized spacial score (nSPS) is 30.4. The highest BCUT2D eigenvalue weighted by Gasteiger charge is 2.22. The average molecular weight is 359 g/mol. The van der Waals surface area contributed by atoms with Gasteiger partial charge < -0.3 is 0 Å². The maximum absolute atomic E-state index is 2.55. The van der Waals surface area contributed by atoms with Crippen molar-refractivity contribution in [2.24, 2.45) is 23.7 Å². The van der Waals surface area contributed by atoms with Crippen LogP contribution in [-0.2, 0) is 0 Å². The molecule has 0 heteroatoms. The Bertz CT molecular complexity index is 383. The van der Waals surface area contributed by atoms with Crippen molar-refractivity contribution in [3.8, 4) is 0 Å². The highest BCUT2D eigenvalue weighted by molar-refractivity contribution is 4.91. The number of hydrogen-bond donors (Lipinski definition) is 0. The molecule has 2 unspecified atom stereocenters. The van der Waals surface area contributed by atoms with E-state index in [0.717, 1.165) is 23.7 Å². The minimum atomic E-state index is 0.901. The van der Waals surface area contributed by atoms with Gasteiger partial charge in [0.2, 0.25) is 0 Å². The Hall–Kier alpha value is -0.520. The molecule has 0 radical (unpaired) electrons. The van der Waals surface area contributed by atoms with Gasteiger partial charge >= 0.3 is 0 Å². The van der Waals surface area contributed by atoms with Crippen molar-refractivity contribution in [3.05, 3.63) is 24.3 Å². The summed E-state index contributed by atoms with van der Waals surface area (Å²) in [7, 11) is 0. The third kappa shape index (κ3) is 8.92. The standard InChI is InChI=1S/C26H46/c1-3-5-7-12-23-18-20-24(21-19-23)13-9-10-15-26-17-11-16-25(22-26)14-8-6-4-2/h3,5,8,14,23-26H,4,6-7,9-13,15-22H2,1-2H3/b5-3+,14-8-/t23-,24-,25?,26?. The summed E-state index contributed by atoms with van der Waals surface area (Å²) >= 11 is 0. The Labute approximate surface area is 164 Å². The molecule has 2 fully saturated rings. The Kier molecular flexibility index (Phi) is 11.4. The van der Waals surface area contributed by atoms with Gasteiger partial charge in [-0.2, -0.15) is 0 Å². The average Bonchev–Trinajstić information content (AvgIpc) is 2.67. The van der Waals surface area contributed by atoms with Crippen LogP contribution in [0.25, 0.3) is 0 Å². The van der Waals surface area contributed by atoms with E-state index in [1.165, 1.54) is 103 Å². The minimum Gasteiger partial charge on any atom is -0.0917 e. The van der Waals surface area contributed by atoms with Gasteiger partial charge in [0, 0.05) is 0 Å². The second-order valence-electron chi connectivity index (χ2n) is 9.33. The van der Waals surface area contributed by atoms with Crippen LogP contribution in [0, 0.1) is 23.7 Å². The van der Waals surface area contributed by atoms with E-state index < -0.39 is 0 Å². The molecule has 0 saturated heterocycles. The van der Waals surface area contributed by atoms with Crippen LogP contribution < -0.4 is 0 Å². The maximum atomic E-state index is 2.55. The summed E-state index contributed by atoms with van der Waals surface area (Å²) < 4.78 is 0. The molecule has 0 spiro atoms. The lowest BCUT2D eigenvalue weighted by molar-refractivity contribution is 0.242. The fourth-order valence-electron chi connectivity index (χ4n) is 5.40. The zero-order chi connectivity index (χ0) is 18.5. The third-order valence-electron chi connectivity index (χ3n) is 7.11. The molecular formula is C26H46. The lowest BCUT2D eigenvalue weighted by atomic mass is 9.77. The van der Waals surface area contributed by atoms with Crippen LogP contribution in [0.4, 0.5) is 0 Å². The van der Waals surface area contributed by atoms with E-state index >= 15 is 0 Å². The molecule has 2 aliphatic rings. The Morgan fingerprint density at radius 2 is 1.42 bits per heavy atom. The first kappa shape index (κ1) is 21.8. The van der Waals surface area contributed by atoms with Gasteiger partial charge in [-0.1, -0.05) is 102 Å². The summed E-state index contributed by atoms with van der Waals surface area (Å²) in [6.45, 7) is 4.43. The van der Waals surface area contributed by atoms with Crippen LogP contribution in [0.2, 0.25) is 0 Å². The number of rotatable bonds is 11. The van der Waals surface area contributed by atoms with Crippen molar-refractivity contribution < 1.29 is 0 Å². The van der Waals surface area contributed by atoms with Crippen molar-refractivity contribution in [1.29, 1.82) is 0 Å². The fraction of sp³-hybridized carbons (Fsp3) is 0.846. The third-order valence-corrected chi connectivity index (χ3v) is 7.11. The van der Waals surface area contributed by atoms with Crippen LogP contribution >= 0.6 is 0 Å². The molecule has 0 bridgehead atoms. The van der Waals surface area contributed by atoms with Crippen molar-refractivity contribution in [2.75, 3.05) is 0 Å². The Balaban J connectivity index is 1.51. The summed E-state index contributed by atoms with van der Waals surface area (Å²) in [6, 6.07) is 0. The zero-order valence-corrected chi connectivity index (χ0v) is 17.9. The highest BCUT2D eigenvalue weighted by Crippen LogP contribution is 2.36. The Morgan fingerprint density at radius 3 is 2.12 bits per heavy atom. The van der Waals surface area contributed by atoms with E-state index in [-0.39, 0.29) is 0 Å². The summed E-state index contributed by atoms with van der Waals surface area (Å²) in [4.78, 5) is 0. The predicted octanol–water partition coefficient (Wildman–Crippen LogP) is 8.87. The van der Waals surface area contributed by atoms with Crippen molar-refractivity contribution in [1.82, 2.24) is 0 Å². The molecule has 0 aromatic carbocycles. The monoisotopic (exact) mass is 358 g/mol. The molecule has 2 aliphatic carbocycles. The number of hydrogen-bond acceptors (Lipinski definition) is 0. The van der Waals surface area contributed by atoms with Crippen LogP contribution in [0.15, 0.2) is 24.3 Å². The van der Waals surface area contributed by atoms with Gasteiger partial charge in [-0.25, -0.2) is 0 Å². The van der Waals surface area contributed by atoms with E-state index in [4.69, 9.17) is 0 Å². The Morgan fingerprint density at radius 1 is 0.731 bits per heavy atom. The van der Waals surface area contributed by atoms with Gasteiger partial charge in [0.15, 0.2) is 0 Å². The molecule has 0 aliphatic heterocycles. The lowest BCUT2D eigenvalue weighted by Crippen LogP contribution is -2.15. The molecule has 0 nitrogen and oxygen atoms in total. The SMILES string of the molecule is C/C=C/CC[C@H]1CC[C@H](CCCCC2CCCC(/C=C\CCC)C2)CC1. The van der Waals surface area contributed by atoms with Gasteiger partial charge in [0.05, 0.1) is 0 Å². The van der Waals surface area contributed by atoms with Gasteiger partial charge in [0.1, 0.15) is 0 Å². The van der Waals surface area contributed by atoms with Crippen LogP contribution in [0.3, 0.4) is 0 Å².